The van der Waals surface area contributed by atoms with Gasteiger partial charge in [-0.05, 0) is 12.1 Å². The van der Waals surface area contributed by atoms with Gasteiger partial charge >= 0.3 is 0 Å². The number of rotatable bonds is 1. The second-order valence-corrected chi connectivity index (χ2v) is 3.66. The molecule has 1 aromatic heterocycles. The van der Waals surface area contributed by atoms with Crippen molar-refractivity contribution in [3.63, 3.8) is 0 Å². The highest BCUT2D eigenvalue weighted by atomic mass is 14.9. The van der Waals surface area contributed by atoms with Crippen LogP contribution in [0.2, 0.25) is 6.82 Å². The van der Waals surface area contributed by atoms with E-state index in [0.29, 0.717) is 0 Å². The van der Waals surface area contributed by atoms with Gasteiger partial charge in [0.2, 0.25) is 7.41 Å². The fourth-order valence-electron chi connectivity index (χ4n) is 2.23. The Morgan fingerprint density at radius 1 is 0.800 bits per heavy atom. The largest absolute Gasteiger partial charge is 0.390 e. The number of aromatic nitrogens is 1. The van der Waals surface area contributed by atoms with E-state index in [1.165, 1.54) is 21.8 Å². The summed E-state index contributed by atoms with van der Waals surface area (Å²) in [4.78, 5) is 0. The third-order valence-corrected chi connectivity index (χ3v) is 2.88. The first-order chi connectivity index (χ1) is 7.42. The van der Waals surface area contributed by atoms with Crippen molar-refractivity contribution in [3.05, 3.63) is 48.5 Å². The summed E-state index contributed by atoms with van der Waals surface area (Å²) < 4.78 is 2.24. The first-order valence-corrected chi connectivity index (χ1v) is 5.19. The maximum Gasteiger partial charge on any atom is 0.249 e. The van der Waals surface area contributed by atoms with E-state index in [1.54, 1.807) is 0 Å². The molecule has 71 valence electrons. The van der Waals surface area contributed by atoms with E-state index in [4.69, 9.17) is 0 Å². The number of nitrogens with zero attached hydrogens (tertiary/aromatic N) is 1. The lowest BCUT2D eigenvalue weighted by Gasteiger charge is -2.00. The minimum atomic E-state index is 1.28. The van der Waals surface area contributed by atoms with Crippen molar-refractivity contribution in [1.29, 1.82) is 0 Å². The molecule has 15 heavy (non-hydrogen) atoms. The molecular formula is C13H11BN. The van der Waals surface area contributed by atoms with Gasteiger partial charge < -0.3 is 4.48 Å². The summed E-state index contributed by atoms with van der Waals surface area (Å²) in [5.74, 6) is 0. The predicted octanol–water partition coefficient (Wildman–Crippen LogP) is 3.31. The van der Waals surface area contributed by atoms with Crippen molar-refractivity contribution >= 4 is 29.2 Å². The van der Waals surface area contributed by atoms with Crippen LogP contribution in [-0.2, 0) is 0 Å². The molecule has 0 aliphatic heterocycles. The summed E-state index contributed by atoms with van der Waals surface area (Å²) in [6.07, 6.45) is 0. The van der Waals surface area contributed by atoms with Crippen molar-refractivity contribution in [3.8, 4) is 0 Å². The second kappa shape index (κ2) is 3.16. The highest BCUT2D eigenvalue weighted by Gasteiger charge is 2.07. The normalized spacial score (nSPS) is 11.0. The maximum absolute atomic E-state index is 2.24. The lowest BCUT2D eigenvalue weighted by atomic mass is 9.99. The molecule has 3 aromatic rings. The Labute approximate surface area is 89.6 Å². The smallest absolute Gasteiger partial charge is 0.249 e. The van der Waals surface area contributed by atoms with Crippen LogP contribution in [0.3, 0.4) is 0 Å². The molecule has 2 aromatic carbocycles. The lowest BCUT2D eigenvalue weighted by molar-refractivity contribution is 1.36. The lowest BCUT2D eigenvalue weighted by Crippen LogP contribution is -1.99. The van der Waals surface area contributed by atoms with Crippen LogP contribution in [0.5, 0.6) is 0 Å². The highest BCUT2D eigenvalue weighted by molar-refractivity contribution is 6.37. The molecule has 1 nitrogen and oxygen atoms in total. The fourth-order valence-corrected chi connectivity index (χ4v) is 2.23. The second-order valence-electron chi connectivity index (χ2n) is 3.66. The summed E-state index contributed by atoms with van der Waals surface area (Å²) in [7, 11) is 2.12. The van der Waals surface area contributed by atoms with Crippen LogP contribution in [-0.4, -0.2) is 11.9 Å². The average Bonchev–Trinajstić information content (AvgIpc) is 2.63. The zero-order valence-corrected chi connectivity index (χ0v) is 8.64. The topological polar surface area (TPSA) is 4.93 Å². The van der Waals surface area contributed by atoms with Crippen LogP contribution in [0, 0.1) is 0 Å². The van der Waals surface area contributed by atoms with Gasteiger partial charge in [0.25, 0.3) is 0 Å². The van der Waals surface area contributed by atoms with E-state index >= 15 is 0 Å². The standard InChI is InChI=1S/C13H11BN/c1-14-15-12-8-4-2-6-10(12)11-7-3-5-9-13(11)15/h2-9H,1H3. The SMILES string of the molecule is C[B]n1c2ccccc2c2ccccc21. The minimum Gasteiger partial charge on any atom is -0.390 e. The predicted molar refractivity (Wildman–Crippen MR) is 66.5 cm³/mol. The molecule has 3 rings (SSSR count). The molecule has 0 unspecified atom stereocenters. The number of hydrogen-bond acceptors (Lipinski definition) is 0. The van der Waals surface area contributed by atoms with Crippen molar-refractivity contribution in [1.82, 2.24) is 4.48 Å². The number of hydrogen-bond donors (Lipinski definition) is 0. The van der Waals surface area contributed by atoms with E-state index < -0.39 is 0 Å². The molecule has 0 atom stereocenters. The van der Waals surface area contributed by atoms with Crippen LogP contribution < -0.4 is 0 Å². The zero-order chi connectivity index (χ0) is 10.3. The third kappa shape index (κ3) is 1.11. The summed E-state index contributed by atoms with van der Waals surface area (Å²) in [6, 6.07) is 17.0. The summed E-state index contributed by atoms with van der Waals surface area (Å²) >= 11 is 0. The third-order valence-electron chi connectivity index (χ3n) is 2.88. The van der Waals surface area contributed by atoms with Crippen molar-refractivity contribution < 1.29 is 0 Å². The summed E-state index contributed by atoms with van der Waals surface area (Å²) in [5.41, 5.74) is 2.56. The van der Waals surface area contributed by atoms with Crippen LogP contribution in [0.4, 0.5) is 0 Å². The Hall–Kier alpha value is -1.70. The van der Waals surface area contributed by atoms with Crippen molar-refractivity contribution in [2.45, 2.75) is 6.82 Å². The minimum absolute atomic E-state index is 1.28. The molecule has 2 heteroatoms. The Balaban J connectivity index is 2.62. The molecule has 0 aliphatic carbocycles. The van der Waals surface area contributed by atoms with Crippen LogP contribution in [0.15, 0.2) is 48.5 Å². The Morgan fingerprint density at radius 2 is 1.27 bits per heavy atom. The Bertz CT molecular complexity index is 571. The molecule has 0 saturated heterocycles. The van der Waals surface area contributed by atoms with E-state index in [9.17, 15) is 0 Å². The highest BCUT2D eigenvalue weighted by Crippen LogP contribution is 2.27. The monoisotopic (exact) mass is 192 g/mol. The van der Waals surface area contributed by atoms with Gasteiger partial charge in [-0.2, -0.15) is 0 Å². The van der Waals surface area contributed by atoms with Crippen LogP contribution in [0.1, 0.15) is 0 Å². The van der Waals surface area contributed by atoms with Crippen LogP contribution >= 0.6 is 0 Å². The zero-order valence-electron chi connectivity index (χ0n) is 8.64. The molecule has 0 fully saturated rings. The van der Waals surface area contributed by atoms with E-state index in [1.807, 2.05) is 0 Å². The number of benzene rings is 2. The van der Waals surface area contributed by atoms with E-state index in [0.717, 1.165) is 0 Å². The van der Waals surface area contributed by atoms with Gasteiger partial charge in [-0.1, -0.05) is 43.2 Å². The van der Waals surface area contributed by atoms with Gasteiger partial charge in [0.1, 0.15) is 0 Å². The van der Waals surface area contributed by atoms with E-state index in [-0.39, 0.29) is 0 Å². The molecule has 0 aliphatic rings. The van der Waals surface area contributed by atoms with Gasteiger partial charge in [0, 0.05) is 21.8 Å². The molecule has 0 N–H and O–H groups in total. The maximum atomic E-state index is 2.24. The number of fused-ring (bicyclic) bond motifs is 3. The van der Waals surface area contributed by atoms with Gasteiger partial charge in [0.05, 0.1) is 0 Å². The molecule has 0 bridgehead atoms. The fraction of sp³-hybridized carbons (Fsp3) is 0.0769. The first-order valence-electron chi connectivity index (χ1n) is 5.19. The van der Waals surface area contributed by atoms with Gasteiger partial charge in [-0.3, -0.25) is 0 Å². The van der Waals surface area contributed by atoms with Gasteiger partial charge in [0.15, 0.2) is 0 Å². The summed E-state index contributed by atoms with van der Waals surface area (Å²) in [6.45, 7) is 2.07. The Morgan fingerprint density at radius 3 is 1.73 bits per heavy atom. The van der Waals surface area contributed by atoms with Gasteiger partial charge in [-0.15, -0.1) is 0 Å². The summed E-state index contributed by atoms with van der Waals surface area (Å²) in [5, 5.41) is 2.65. The molecule has 1 heterocycles. The molecule has 0 saturated carbocycles. The van der Waals surface area contributed by atoms with Gasteiger partial charge in [-0.25, -0.2) is 0 Å². The molecule has 0 amide bonds. The van der Waals surface area contributed by atoms with Crippen molar-refractivity contribution in [2.75, 3.05) is 0 Å². The molecular weight excluding hydrogens is 181 g/mol. The quantitative estimate of drug-likeness (QED) is 0.521. The molecule has 1 radical (unpaired) electrons. The molecule has 0 spiro atoms. The first kappa shape index (κ1) is 8.60. The number of para-hydroxylation sites is 2. The van der Waals surface area contributed by atoms with Crippen LogP contribution in [0.25, 0.3) is 21.8 Å². The Kier molecular flexibility index (Phi) is 1.81. The van der Waals surface area contributed by atoms with E-state index in [2.05, 4.69) is 67.2 Å². The van der Waals surface area contributed by atoms with Crippen molar-refractivity contribution in [2.24, 2.45) is 0 Å². The average molecular weight is 192 g/mol.